The van der Waals surface area contributed by atoms with Crippen molar-refractivity contribution >= 4 is 23.2 Å². The van der Waals surface area contributed by atoms with Crippen molar-refractivity contribution in [1.29, 1.82) is 0 Å². The van der Waals surface area contributed by atoms with Crippen molar-refractivity contribution in [3.05, 3.63) is 64.7 Å². The van der Waals surface area contributed by atoms with E-state index in [0.717, 1.165) is 24.2 Å². The highest BCUT2D eigenvalue weighted by molar-refractivity contribution is 6.31. The quantitative estimate of drug-likeness (QED) is 0.773. The zero-order valence-electron chi connectivity index (χ0n) is 14.0. The fourth-order valence-electron chi connectivity index (χ4n) is 2.52. The predicted octanol–water partition coefficient (Wildman–Crippen LogP) is 3.09. The zero-order valence-corrected chi connectivity index (χ0v) is 14.7. The number of nitrogens with two attached hydrogens (primary N) is 1. The first kappa shape index (κ1) is 18.5. The van der Waals surface area contributed by atoms with Gasteiger partial charge in [0.15, 0.2) is 0 Å². The molecule has 0 unspecified atom stereocenters. The summed E-state index contributed by atoms with van der Waals surface area (Å²) in [6.45, 7) is 4.22. The standard InChI is InChI=1S/C19H24ClN3O/c1-15-17(20)8-5-9-18(15)22-19(24)14-23(13-11-21)12-10-16-6-3-2-4-7-16/h2-9H,10-14,21H2,1H3,(H,22,24). The zero-order chi connectivity index (χ0) is 17.4. The van der Waals surface area contributed by atoms with Gasteiger partial charge in [-0.05, 0) is 36.6 Å². The highest BCUT2D eigenvalue weighted by Gasteiger charge is 2.12. The topological polar surface area (TPSA) is 58.4 Å². The maximum atomic E-state index is 12.3. The number of anilines is 1. The van der Waals surface area contributed by atoms with Crippen molar-refractivity contribution in [1.82, 2.24) is 4.90 Å². The van der Waals surface area contributed by atoms with Gasteiger partial charge in [-0.25, -0.2) is 0 Å². The van der Waals surface area contributed by atoms with Crippen molar-refractivity contribution in [3.63, 3.8) is 0 Å². The van der Waals surface area contributed by atoms with Crippen LogP contribution < -0.4 is 11.1 Å². The van der Waals surface area contributed by atoms with Crippen molar-refractivity contribution in [2.75, 3.05) is 31.5 Å². The van der Waals surface area contributed by atoms with Crippen LogP contribution in [-0.2, 0) is 11.2 Å². The first-order valence-corrected chi connectivity index (χ1v) is 8.49. The van der Waals surface area contributed by atoms with Crippen molar-refractivity contribution < 1.29 is 4.79 Å². The number of carbonyl (C=O) groups excluding carboxylic acids is 1. The molecule has 0 fully saturated rings. The molecule has 0 atom stereocenters. The Morgan fingerprint density at radius 2 is 1.88 bits per heavy atom. The minimum Gasteiger partial charge on any atom is -0.329 e. The number of hydrogen-bond donors (Lipinski definition) is 2. The highest BCUT2D eigenvalue weighted by Crippen LogP contribution is 2.22. The second kappa shape index (κ2) is 9.42. The average molecular weight is 346 g/mol. The van der Waals surface area contributed by atoms with Gasteiger partial charge in [0.25, 0.3) is 0 Å². The monoisotopic (exact) mass is 345 g/mol. The molecule has 0 spiro atoms. The summed E-state index contributed by atoms with van der Waals surface area (Å²) < 4.78 is 0. The highest BCUT2D eigenvalue weighted by atomic mass is 35.5. The predicted molar refractivity (Wildman–Crippen MR) is 100 cm³/mol. The van der Waals surface area contributed by atoms with Crippen LogP contribution in [0.15, 0.2) is 48.5 Å². The van der Waals surface area contributed by atoms with Crippen LogP contribution >= 0.6 is 11.6 Å². The number of nitrogens with zero attached hydrogens (tertiary/aromatic N) is 1. The summed E-state index contributed by atoms with van der Waals surface area (Å²) in [5.41, 5.74) is 8.57. The number of rotatable bonds is 8. The van der Waals surface area contributed by atoms with Gasteiger partial charge in [-0.1, -0.05) is 48.0 Å². The first-order valence-electron chi connectivity index (χ1n) is 8.11. The molecule has 0 aliphatic heterocycles. The molecule has 5 heteroatoms. The second-order valence-corrected chi connectivity index (χ2v) is 6.17. The molecule has 0 aromatic heterocycles. The molecule has 24 heavy (non-hydrogen) atoms. The third-order valence-corrected chi connectivity index (χ3v) is 4.32. The van der Waals surface area contributed by atoms with Gasteiger partial charge in [0.1, 0.15) is 0 Å². The molecule has 4 nitrogen and oxygen atoms in total. The largest absolute Gasteiger partial charge is 0.329 e. The SMILES string of the molecule is Cc1c(Cl)cccc1NC(=O)CN(CCN)CCc1ccccc1. The maximum absolute atomic E-state index is 12.3. The summed E-state index contributed by atoms with van der Waals surface area (Å²) in [7, 11) is 0. The molecule has 3 N–H and O–H groups in total. The molecular weight excluding hydrogens is 322 g/mol. The van der Waals surface area contributed by atoms with Gasteiger partial charge in [-0.3, -0.25) is 9.69 Å². The fourth-order valence-corrected chi connectivity index (χ4v) is 2.69. The summed E-state index contributed by atoms with van der Waals surface area (Å²) in [6.07, 6.45) is 0.893. The number of halogens is 1. The van der Waals surface area contributed by atoms with Gasteiger partial charge in [-0.2, -0.15) is 0 Å². The Hall–Kier alpha value is -1.88. The maximum Gasteiger partial charge on any atom is 0.238 e. The number of nitrogens with one attached hydrogen (secondary N) is 1. The summed E-state index contributed by atoms with van der Waals surface area (Å²) in [5, 5.41) is 3.58. The lowest BCUT2D eigenvalue weighted by Crippen LogP contribution is -2.38. The Bertz CT molecular complexity index is 661. The molecule has 0 radical (unpaired) electrons. The first-order chi connectivity index (χ1) is 11.6. The van der Waals surface area contributed by atoms with Gasteiger partial charge in [0.05, 0.1) is 6.54 Å². The van der Waals surface area contributed by atoms with Crippen LogP contribution in [0.4, 0.5) is 5.69 Å². The number of hydrogen-bond acceptors (Lipinski definition) is 3. The molecule has 0 bridgehead atoms. The van der Waals surface area contributed by atoms with E-state index in [4.69, 9.17) is 17.3 Å². The Morgan fingerprint density at radius 1 is 1.12 bits per heavy atom. The van der Waals surface area contributed by atoms with E-state index < -0.39 is 0 Å². The van der Waals surface area contributed by atoms with Crippen LogP contribution in [0.1, 0.15) is 11.1 Å². The van der Waals surface area contributed by atoms with Crippen LogP contribution in [-0.4, -0.2) is 37.0 Å². The van der Waals surface area contributed by atoms with Crippen molar-refractivity contribution in [2.24, 2.45) is 5.73 Å². The lowest BCUT2D eigenvalue weighted by atomic mass is 10.1. The molecule has 0 saturated heterocycles. The molecule has 0 aliphatic carbocycles. The van der Waals surface area contributed by atoms with E-state index in [1.54, 1.807) is 0 Å². The number of amides is 1. The van der Waals surface area contributed by atoms with Crippen LogP contribution in [0.5, 0.6) is 0 Å². The van der Waals surface area contributed by atoms with E-state index in [2.05, 4.69) is 22.3 Å². The van der Waals surface area contributed by atoms with E-state index in [-0.39, 0.29) is 5.91 Å². The van der Waals surface area contributed by atoms with Gasteiger partial charge in [0.2, 0.25) is 5.91 Å². The molecule has 128 valence electrons. The Labute approximate surface area is 148 Å². The van der Waals surface area contributed by atoms with Crippen LogP contribution in [0, 0.1) is 6.92 Å². The second-order valence-electron chi connectivity index (χ2n) is 5.76. The summed E-state index contributed by atoms with van der Waals surface area (Å²) >= 11 is 6.09. The van der Waals surface area contributed by atoms with E-state index >= 15 is 0 Å². The third-order valence-electron chi connectivity index (χ3n) is 3.91. The Morgan fingerprint density at radius 3 is 2.58 bits per heavy atom. The molecule has 2 rings (SSSR count). The normalized spacial score (nSPS) is 10.8. The summed E-state index contributed by atoms with van der Waals surface area (Å²) in [4.78, 5) is 14.4. The Balaban J connectivity index is 1.91. The lowest BCUT2D eigenvalue weighted by Gasteiger charge is -2.21. The van der Waals surface area contributed by atoms with Gasteiger partial charge in [0, 0.05) is 30.3 Å². The number of benzene rings is 2. The third kappa shape index (κ3) is 5.64. The van der Waals surface area contributed by atoms with E-state index in [1.807, 2.05) is 43.3 Å². The van der Waals surface area contributed by atoms with Crippen molar-refractivity contribution in [3.8, 4) is 0 Å². The molecule has 1 amide bonds. The minimum absolute atomic E-state index is 0.0538. The Kier molecular flexibility index (Phi) is 7.25. The van der Waals surface area contributed by atoms with Gasteiger partial charge < -0.3 is 11.1 Å². The molecule has 0 aliphatic rings. The molecule has 2 aromatic rings. The average Bonchev–Trinajstić information content (AvgIpc) is 2.58. The minimum atomic E-state index is -0.0538. The van der Waals surface area contributed by atoms with Crippen LogP contribution in [0.3, 0.4) is 0 Å². The van der Waals surface area contributed by atoms with Crippen LogP contribution in [0.25, 0.3) is 0 Å². The van der Waals surface area contributed by atoms with Gasteiger partial charge >= 0.3 is 0 Å². The lowest BCUT2D eigenvalue weighted by molar-refractivity contribution is -0.117. The van der Waals surface area contributed by atoms with Gasteiger partial charge in [-0.15, -0.1) is 0 Å². The summed E-state index contributed by atoms with van der Waals surface area (Å²) in [6, 6.07) is 15.7. The molecular formula is C19H24ClN3O. The summed E-state index contributed by atoms with van der Waals surface area (Å²) in [5.74, 6) is -0.0538. The van der Waals surface area contributed by atoms with E-state index in [0.29, 0.717) is 24.7 Å². The number of carbonyl (C=O) groups is 1. The smallest absolute Gasteiger partial charge is 0.238 e. The molecule has 2 aromatic carbocycles. The van der Waals surface area contributed by atoms with Crippen molar-refractivity contribution in [2.45, 2.75) is 13.3 Å². The molecule has 0 saturated carbocycles. The van der Waals surface area contributed by atoms with E-state index in [1.165, 1.54) is 5.56 Å². The van der Waals surface area contributed by atoms with Crippen LogP contribution in [0.2, 0.25) is 5.02 Å². The molecule has 0 heterocycles. The van der Waals surface area contributed by atoms with E-state index in [9.17, 15) is 4.79 Å². The fraction of sp³-hybridized carbons (Fsp3) is 0.316.